The van der Waals surface area contributed by atoms with E-state index in [0.29, 0.717) is 11.3 Å². The molecule has 0 spiro atoms. The van der Waals surface area contributed by atoms with Crippen LogP contribution in [0.25, 0.3) is 0 Å². The topological polar surface area (TPSA) is 55.5 Å². The first kappa shape index (κ1) is 7.01. The van der Waals surface area contributed by atoms with Crippen molar-refractivity contribution in [1.82, 2.24) is 0 Å². The van der Waals surface area contributed by atoms with Crippen LogP contribution < -0.4 is 0 Å². The van der Waals surface area contributed by atoms with Crippen molar-refractivity contribution in [2.75, 3.05) is 0 Å². The van der Waals surface area contributed by atoms with Gasteiger partial charge in [-0.3, -0.25) is 0 Å². The first-order valence-electron chi connectivity index (χ1n) is 2.61. The molecule has 0 unspecified atom stereocenters. The third-order valence-corrected chi connectivity index (χ3v) is 1.28. The summed E-state index contributed by atoms with van der Waals surface area (Å²) in [5.74, 6) is -0.170. The highest BCUT2D eigenvalue weighted by Crippen LogP contribution is 2.04. The van der Waals surface area contributed by atoms with Gasteiger partial charge in [-0.05, 0) is 4.92 Å². The average molecular weight is 156 g/mol. The van der Waals surface area contributed by atoms with Crippen molar-refractivity contribution in [1.29, 1.82) is 0 Å². The maximum atomic E-state index is 10.1. The molecule has 0 aromatic rings. The molecular formula is C5H4N2O2S. The fourth-order valence-electron chi connectivity index (χ4n) is 0.569. The van der Waals surface area contributed by atoms with E-state index < -0.39 is 4.92 Å². The van der Waals surface area contributed by atoms with Crippen LogP contribution in [0, 0.1) is 10.1 Å². The molecule has 0 atom stereocenters. The van der Waals surface area contributed by atoms with Gasteiger partial charge in [0.1, 0.15) is 6.21 Å². The van der Waals surface area contributed by atoms with E-state index in [1.807, 2.05) is 0 Å². The summed E-state index contributed by atoms with van der Waals surface area (Å²) in [5, 5.41) is 10.1. The van der Waals surface area contributed by atoms with Crippen LogP contribution in [0.1, 0.15) is 6.42 Å². The van der Waals surface area contributed by atoms with Crippen molar-refractivity contribution in [3.8, 4) is 0 Å². The SMILES string of the molecule is O=[N+]([O-])C1=CC(=S)CC=N1. The highest BCUT2D eigenvalue weighted by atomic mass is 32.1. The Kier molecular flexibility index (Phi) is 1.86. The van der Waals surface area contributed by atoms with Crippen molar-refractivity contribution in [3.63, 3.8) is 0 Å². The standard InChI is InChI=1S/C5H4N2O2S/c8-7(9)5-3-4(10)1-2-6-5/h2-3H,1H2. The third kappa shape index (κ3) is 1.44. The van der Waals surface area contributed by atoms with E-state index in [1.54, 1.807) is 0 Å². The molecule has 10 heavy (non-hydrogen) atoms. The molecule has 52 valence electrons. The maximum Gasteiger partial charge on any atom is 0.364 e. The lowest BCUT2D eigenvalue weighted by atomic mass is 10.3. The van der Waals surface area contributed by atoms with E-state index in [4.69, 9.17) is 12.2 Å². The molecule has 0 aliphatic carbocycles. The lowest BCUT2D eigenvalue weighted by Gasteiger charge is -1.96. The number of allylic oxidation sites excluding steroid dienone is 1. The number of nitrogens with zero attached hydrogens (tertiary/aromatic N) is 2. The van der Waals surface area contributed by atoms with Crippen LogP contribution in [0.3, 0.4) is 0 Å². The molecular weight excluding hydrogens is 152 g/mol. The predicted octanol–water partition coefficient (Wildman–Crippen LogP) is 0.949. The zero-order valence-corrected chi connectivity index (χ0v) is 5.80. The third-order valence-electron chi connectivity index (χ3n) is 0.993. The van der Waals surface area contributed by atoms with Gasteiger partial charge < -0.3 is 10.1 Å². The van der Waals surface area contributed by atoms with Gasteiger partial charge >= 0.3 is 5.82 Å². The number of hydrogen-bond acceptors (Lipinski definition) is 4. The monoisotopic (exact) mass is 156 g/mol. The number of aliphatic imine (C=N–C) groups is 1. The Bertz CT molecular complexity index is 242. The molecule has 0 N–H and O–H groups in total. The first-order valence-corrected chi connectivity index (χ1v) is 3.02. The van der Waals surface area contributed by atoms with Gasteiger partial charge in [-0.15, -0.1) is 0 Å². The van der Waals surface area contributed by atoms with E-state index in [-0.39, 0.29) is 5.82 Å². The van der Waals surface area contributed by atoms with E-state index in [9.17, 15) is 10.1 Å². The molecule has 0 amide bonds. The summed E-state index contributed by atoms with van der Waals surface area (Å²) in [7, 11) is 0. The highest BCUT2D eigenvalue weighted by molar-refractivity contribution is 7.80. The number of thiocarbonyl (C=S) groups is 1. The van der Waals surface area contributed by atoms with Crippen LogP contribution in [0.4, 0.5) is 0 Å². The summed E-state index contributed by atoms with van der Waals surface area (Å²) in [6, 6.07) is 0. The van der Waals surface area contributed by atoms with Gasteiger partial charge in [-0.2, -0.15) is 0 Å². The molecule has 0 saturated carbocycles. The van der Waals surface area contributed by atoms with E-state index in [1.165, 1.54) is 12.3 Å². The Labute approximate surface area is 62.4 Å². The van der Waals surface area contributed by atoms with Crippen LogP contribution in [0.15, 0.2) is 16.9 Å². The van der Waals surface area contributed by atoms with Crippen molar-refractivity contribution < 1.29 is 4.92 Å². The number of nitro groups is 1. The fraction of sp³-hybridized carbons (Fsp3) is 0.200. The van der Waals surface area contributed by atoms with Gasteiger partial charge in [0.25, 0.3) is 0 Å². The van der Waals surface area contributed by atoms with Crippen LogP contribution >= 0.6 is 12.2 Å². The predicted molar refractivity (Wildman–Crippen MR) is 40.8 cm³/mol. The second kappa shape index (κ2) is 2.66. The normalized spacial score (nSPS) is 16.8. The fourth-order valence-corrected chi connectivity index (χ4v) is 0.749. The highest BCUT2D eigenvalue weighted by Gasteiger charge is 2.12. The Morgan fingerprint density at radius 1 is 1.80 bits per heavy atom. The summed E-state index contributed by atoms with van der Waals surface area (Å²) < 4.78 is 0. The molecule has 0 aromatic carbocycles. The lowest BCUT2D eigenvalue weighted by Crippen LogP contribution is -2.05. The van der Waals surface area contributed by atoms with Gasteiger partial charge in [-0.25, -0.2) is 0 Å². The Morgan fingerprint density at radius 3 is 2.90 bits per heavy atom. The van der Waals surface area contributed by atoms with Crippen LogP contribution in [-0.2, 0) is 0 Å². The van der Waals surface area contributed by atoms with Crippen LogP contribution in [0.5, 0.6) is 0 Å². The summed E-state index contributed by atoms with van der Waals surface area (Å²) in [6.45, 7) is 0. The van der Waals surface area contributed by atoms with Gasteiger partial charge in [-0.1, -0.05) is 17.2 Å². The maximum absolute atomic E-state index is 10.1. The Balaban J connectivity index is 2.86. The molecule has 1 heterocycles. The van der Waals surface area contributed by atoms with E-state index in [2.05, 4.69) is 4.99 Å². The largest absolute Gasteiger partial charge is 0.364 e. The lowest BCUT2D eigenvalue weighted by molar-refractivity contribution is -0.425. The zero-order valence-electron chi connectivity index (χ0n) is 4.98. The van der Waals surface area contributed by atoms with Crippen LogP contribution in [0.2, 0.25) is 0 Å². The molecule has 1 aliphatic rings. The molecule has 0 aromatic heterocycles. The van der Waals surface area contributed by atoms with E-state index >= 15 is 0 Å². The minimum Gasteiger partial charge on any atom is -0.358 e. The number of hydrogen-bond donors (Lipinski definition) is 0. The Morgan fingerprint density at radius 2 is 2.50 bits per heavy atom. The molecule has 4 nitrogen and oxygen atoms in total. The molecule has 0 saturated heterocycles. The molecule has 1 aliphatic heterocycles. The molecule has 0 radical (unpaired) electrons. The summed E-state index contributed by atoms with van der Waals surface area (Å²) in [6.07, 6.45) is 3.28. The zero-order chi connectivity index (χ0) is 7.56. The van der Waals surface area contributed by atoms with Crippen LogP contribution in [-0.4, -0.2) is 16.0 Å². The quantitative estimate of drug-likeness (QED) is 0.322. The minimum absolute atomic E-state index is 0.170. The van der Waals surface area contributed by atoms with Crippen molar-refractivity contribution in [2.45, 2.75) is 6.42 Å². The second-order valence-corrected chi connectivity index (χ2v) is 2.27. The molecule has 0 fully saturated rings. The molecule has 1 rings (SSSR count). The van der Waals surface area contributed by atoms with Gasteiger partial charge in [0, 0.05) is 11.3 Å². The van der Waals surface area contributed by atoms with Gasteiger partial charge in [0.15, 0.2) is 0 Å². The summed E-state index contributed by atoms with van der Waals surface area (Å²) in [4.78, 5) is 13.6. The van der Waals surface area contributed by atoms with Crippen molar-refractivity contribution in [2.24, 2.45) is 4.99 Å². The smallest absolute Gasteiger partial charge is 0.358 e. The summed E-state index contributed by atoms with van der Waals surface area (Å²) >= 11 is 4.73. The average Bonchev–Trinajstić information content (AvgIpc) is 1.88. The first-order chi connectivity index (χ1) is 4.70. The Hall–Kier alpha value is -1.10. The molecule has 0 bridgehead atoms. The van der Waals surface area contributed by atoms with Crippen molar-refractivity contribution >= 4 is 23.3 Å². The second-order valence-electron chi connectivity index (χ2n) is 1.74. The van der Waals surface area contributed by atoms with Crippen molar-refractivity contribution in [3.05, 3.63) is 22.0 Å². The minimum atomic E-state index is -0.554. The van der Waals surface area contributed by atoms with E-state index in [0.717, 1.165) is 0 Å². The summed E-state index contributed by atoms with van der Waals surface area (Å²) in [5.41, 5.74) is 0. The number of rotatable bonds is 1. The van der Waals surface area contributed by atoms with Gasteiger partial charge in [0.2, 0.25) is 0 Å². The molecule has 5 heteroatoms. The van der Waals surface area contributed by atoms with Gasteiger partial charge in [0.05, 0.1) is 6.08 Å².